The summed E-state index contributed by atoms with van der Waals surface area (Å²) in [6.45, 7) is 7.31. The summed E-state index contributed by atoms with van der Waals surface area (Å²) in [7, 11) is 3.18. The van der Waals surface area contributed by atoms with Gasteiger partial charge in [0.1, 0.15) is 17.2 Å². The van der Waals surface area contributed by atoms with Gasteiger partial charge in [-0.3, -0.25) is 28.6 Å². The largest absolute Gasteiger partial charge is 0.339 e. The maximum absolute atomic E-state index is 14.9. The number of anilines is 4. The van der Waals surface area contributed by atoms with Crippen LogP contribution in [0.1, 0.15) is 71.4 Å². The van der Waals surface area contributed by atoms with Crippen LogP contribution in [-0.2, 0) is 11.8 Å². The first-order valence-electron chi connectivity index (χ1n) is 14.0. The van der Waals surface area contributed by atoms with Gasteiger partial charge in [0.15, 0.2) is 5.78 Å². The average molecular weight is 561 g/mol. The second kappa shape index (κ2) is 12.1. The molecule has 8 nitrogen and oxygen atoms in total. The van der Waals surface area contributed by atoms with Crippen molar-refractivity contribution in [3.63, 3.8) is 0 Å². The van der Waals surface area contributed by atoms with E-state index in [-0.39, 0.29) is 46.1 Å². The number of hydrogen-bond acceptors (Lipinski definition) is 5. The highest BCUT2D eigenvalue weighted by molar-refractivity contribution is 6.09. The number of pyridine rings is 1. The molecule has 5 rings (SSSR count). The van der Waals surface area contributed by atoms with Gasteiger partial charge in [0.05, 0.1) is 11.4 Å². The SMILES string of the molecule is CC.Cc1ccc(Nc2c(C(=O)N(C)C3CC3)c(N(C=O)c3cccc(C(=O)C4CC4)c3)c(C)c(=O)n2C)c(F)c1. The minimum absolute atomic E-state index is 0.00497. The third-order valence-corrected chi connectivity index (χ3v) is 7.50. The summed E-state index contributed by atoms with van der Waals surface area (Å²) in [5.74, 6) is -0.890. The van der Waals surface area contributed by atoms with E-state index >= 15 is 0 Å². The first-order valence-corrected chi connectivity index (χ1v) is 14.0. The molecule has 0 unspecified atom stereocenters. The Labute approximate surface area is 239 Å². The summed E-state index contributed by atoms with van der Waals surface area (Å²) in [4.78, 5) is 55.7. The predicted octanol–water partition coefficient (Wildman–Crippen LogP) is 6.03. The molecule has 0 saturated heterocycles. The summed E-state index contributed by atoms with van der Waals surface area (Å²) in [5.41, 5.74) is 1.49. The molecule has 9 heteroatoms. The van der Waals surface area contributed by atoms with Gasteiger partial charge in [-0.15, -0.1) is 0 Å². The van der Waals surface area contributed by atoms with Crippen LogP contribution in [0.2, 0.25) is 0 Å². The molecule has 0 bridgehead atoms. The topological polar surface area (TPSA) is 91.7 Å². The summed E-state index contributed by atoms with van der Waals surface area (Å²) >= 11 is 0. The minimum Gasteiger partial charge on any atom is -0.339 e. The molecule has 2 amide bonds. The number of nitrogens with zero attached hydrogens (tertiary/aromatic N) is 3. The van der Waals surface area contributed by atoms with E-state index in [4.69, 9.17) is 0 Å². The zero-order chi connectivity index (χ0) is 30.0. The van der Waals surface area contributed by atoms with E-state index in [0.29, 0.717) is 23.2 Å². The summed E-state index contributed by atoms with van der Waals surface area (Å²) in [6, 6.07) is 11.3. The van der Waals surface area contributed by atoms with Crippen molar-refractivity contribution < 1.29 is 18.8 Å². The molecule has 2 aliphatic rings. The Morgan fingerprint density at radius 1 is 1.05 bits per heavy atom. The maximum Gasteiger partial charge on any atom is 0.259 e. The molecule has 0 aliphatic heterocycles. The third-order valence-electron chi connectivity index (χ3n) is 7.50. The van der Waals surface area contributed by atoms with Gasteiger partial charge in [-0.1, -0.05) is 32.0 Å². The lowest BCUT2D eigenvalue weighted by molar-refractivity contribution is -0.106. The van der Waals surface area contributed by atoms with E-state index in [1.165, 1.54) is 28.6 Å². The van der Waals surface area contributed by atoms with Crippen LogP contribution in [0.4, 0.5) is 27.3 Å². The molecule has 1 aromatic heterocycles. The molecule has 216 valence electrons. The molecular weight excluding hydrogens is 523 g/mol. The maximum atomic E-state index is 14.9. The highest BCUT2D eigenvalue weighted by atomic mass is 19.1. The summed E-state index contributed by atoms with van der Waals surface area (Å²) < 4.78 is 16.2. The molecular formula is C32H37FN4O4. The van der Waals surface area contributed by atoms with Crippen LogP contribution in [0.25, 0.3) is 0 Å². The van der Waals surface area contributed by atoms with Crippen molar-refractivity contribution in [1.82, 2.24) is 9.47 Å². The fraction of sp³-hybridized carbons (Fsp3) is 0.375. The second-order valence-electron chi connectivity index (χ2n) is 10.5. The standard InChI is InChI=1S/C30H31FN4O4.C2H6/c1-17-8-13-24(23(31)14-17)32-28-25(30(39)33(3)21-11-12-21)26(18(2)29(38)34(28)4)35(16-36)22-7-5-6-20(15-22)27(37)19-9-10-19;1-2/h5-8,13-16,19,21,32H,9-12H2,1-4H3;1-2H3. The van der Waals surface area contributed by atoms with Gasteiger partial charge in [-0.05, 0) is 69.4 Å². The quantitative estimate of drug-likeness (QED) is 0.255. The molecule has 0 atom stereocenters. The third kappa shape index (κ3) is 5.94. The van der Waals surface area contributed by atoms with Crippen LogP contribution >= 0.6 is 0 Å². The number of Topliss-reactive ketones (excluding diaryl/α,β-unsaturated/α-hetero) is 1. The number of amides is 2. The molecule has 1 N–H and O–H groups in total. The van der Waals surface area contributed by atoms with Crippen molar-refractivity contribution in [2.24, 2.45) is 13.0 Å². The summed E-state index contributed by atoms with van der Waals surface area (Å²) in [6.07, 6.45) is 3.91. The number of nitrogens with one attached hydrogen (secondary N) is 1. The van der Waals surface area contributed by atoms with Crippen LogP contribution in [0, 0.1) is 25.6 Å². The number of aromatic nitrogens is 1. The zero-order valence-electron chi connectivity index (χ0n) is 24.5. The van der Waals surface area contributed by atoms with Crippen molar-refractivity contribution in [3.05, 3.63) is 80.9 Å². The lowest BCUT2D eigenvalue weighted by atomic mass is 10.0. The normalized spacial score (nSPS) is 14.0. The van der Waals surface area contributed by atoms with Crippen molar-refractivity contribution in [2.75, 3.05) is 17.3 Å². The Morgan fingerprint density at radius 3 is 2.32 bits per heavy atom. The van der Waals surface area contributed by atoms with Crippen LogP contribution in [0.5, 0.6) is 0 Å². The molecule has 1 heterocycles. The number of hydrogen-bond donors (Lipinski definition) is 1. The van der Waals surface area contributed by atoms with Crippen LogP contribution in [0.3, 0.4) is 0 Å². The second-order valence-corrected chi connectivity index (χ2v) is 10.5. The summed E-state index contributed by atoms with van der Waals surface area (Å²) in [5, 5.41) is 2.97. The lowest BCUT2D eigenvalue weighted by Crippen LogP contribution is -2.35. The van der Waals surface area contributed by atoms with Gasteiger partial charge in [0.2, 0.25) is 6.41 Å². The number of halogens is 1. The van der Waals surface area contributed by atoms with E-state index in [1.807, 2.05) is 13.8 Å². The number of ketones is 1. The number of carbonyl (C=O) groups is 3. The smallest absolute Gasteiger partial charge is 0.259 e. The predicted molar refractivity (Wildman–Crippen MR) is 159 cm³/mol. The Kier molecular flexibility index (Phi) is 8.75. The number of benzene rings is 2. The highest BCUT2D eigenvalue weighted by Crippen LogP contribution is 2.39. The molecule has 2 aromatic carbocycles. The first kappa shape index (κ1) is 29.7. The molecule has 2 aliphatic carbocycles. The van der Waals surface area contributed by atoms with E-state index in [2.05, 4.69) is 5.32 Å². The van der Waals surface area contributed by atoms with Gasteiger partial charge >= 0.3 is 0 Å². The Bertz CT molecular complexity index is 1560. The van der Waals surface area contributed by atoms with Crippen LogP contribution in [0.15, 0.2) is 47.3 Å². The number of carbonyl (C=O) groups excluding carboxylic acids is 3. The fourth-order valence-electron chi connectivity index (χ4n) is 4.86. The highest BCUT2D eigenvalue weighted by Gasteiger charge is 2.36. The van der Waals surface area contributed by atoms with E-state index < -0.39 is 17.3 Å². The monoisotopic (exact) mass is 560 g/mol. The Hall–Kier alpha value is -4.27. The van der Waals surface area contributed by atoms with Gasteiger partial charge in [-0.2, -0.15) is 0 Å². The van der Waals surface area contributed by atoms with Crippen LogP contribution in [-0.4, -0.2) is 40.7 Å². The van der Waals surface area contributed by atoms with Gasteiger partial charge in [0.25, 0.3) is 11.5 Å². The molecule has 0 radical (unpaired) electrons. The van der Waals surface area contributed by atoms with Gasteiger partial charge in [-0.25, -0.2) is 4.39 Å². The minimum atomic E-state index is -0.544. The molecule has 0 spiro atoms. The van der Waals surface area contributed by atoms with E-state index in [1.54, 1.807) is 56.1 Å². The van der Waals surface area contributed by atoms with Gasteiger partial charge < -0.3 is 10.2 Å². The van der Waals surface area contributed by atoms with Crippen molar-refractivity contribution in [2.45, 2.75) is 59.4 Å². The average Bonchev–Trinajstić information content (AvgIpc) is 3.89. The molecule has 41 heavy (non-hydrogen) atoms. The lowest BCUT2D eigenvalue weighted by Gasteiger charge is -2.28. The number of aryl methyl sites for hydroxylation is 1. The Balaban J connectivity index is 0.00000189. The number of rotatable bonds is 9. The molecule has 2 saturated carbocycles. The zero-order valence-corrected chi connectivity index (χ0v) is 24.5. The van der Waals surface area contributed by atoms with E-state index in [9.17, 15) is 23.6 Å². The van der Waals surface area contributed by atoms with Crippen LogP contribution < -0.4 is 15.8 Å². The first-order chi connectivity index (χ1) is 19.6. The fourth-order valence-corrected chi connectivity index (χ4v) is 4.86. The Morgan fingerprint density at radius 2 is 1.73 bits per heavy atom. The molecule has 3 aromatic rings. The van der Waals surface area contributed by atoms with Gasteiger partial charge in [0, 0.05) is 42.9 Å². The van der Waals surface area contributed by atoms with Crippen molar-refractivity contribution in [3.8, 4) is 0 Å². The molecule has 2 fully saturated rings. The van der Waals surface area contributed by atoms with Crippen molar-refractivity contribution >= 4 is 41.0 Å². The van der Waals surface area contributed by atoms with Crippen molar-refractivity contribution in [1.29, 1.82) is 0 Å². The van der Waals surface area contributed by atoms with E-state index in [0.717, 1.165) is 25.7 Å².